The van der Waals surface area contributed by atoms with E-state index < -0.39 is 0 Å². The number of nitrogens with zero attached hydrogens (tertiary/aromatic N) is 2. The van der Waals surface area contributed by atoms with Crippen molar-refractivity contribution >= 4 is 54.4 Å². The van der Waals surface area contributed by atoms with Crippen LogP contribution >= 0.6 is 0 Å². The van der Waals surface area contributed by atoms with Crippen LogP contribution < -0.4 is 0 Å². The minimum absolute atomic E-state index is 1.15. The van der Waals surface area contributed by atoms with Crippen LogP contribution in [0.25, 0.3) is 99.1 Å². The minimum atomic E-state index is 1.15. The molecule has 252 valence electrons. The monoisotopic (exact) mass is 686 g/mol. The van der Waals surface area contributed by atoms with Gasteiger partial charge in [-0.25, -0.2) is 0 Å². The molecule has 0 unspecified atom stereocenters. The third kappa shape index (κ3) is 4.74. The zero-order valence-corrected chi connectivity index (χ0v) is 29.5. The molecular formula is C52H34N2. The molecule has 11 rings (SSSR count). The standard InChI is InChI=1S/C52H34N2/c1-3-14-35(15-4-1)37-26-29-41(30-27-37)53-48-24-11-9-22-44(48)46-34-40(28-31-50(46)53)51-43-21-8-7-18-39(43)33-47-45-23-10-12-25-49(45)54(52(47)51)42-20-13-19-38(32-42)36-16-5-2-6-17-36/h1-34H. The molecule has 2 aromatic heterocycles. The fourth-order valence-corrected chi connectivity index (χ4v) is 8.65. The SMILES string of the molecule is c1ccc(-c2ccc(-n3c4ccccc4c4cc(-c5c6ccccc6cc6c7ccccc7n(-c7cccc(-c8ccccc8)c7)c56)ccc43)cc2)cc1. The summed E-state index contributed by atoms with van der Waals surface area (Å²) in [6.45, 7) is 0. The van der Waals surface area contributed by atoms with E-state index >= 15 is 0 Å². The van der Waals surface area contributed by atoms with Gasteiger partial charge in [0.1, 0.15) is 0 Å². The molecule has 0 saturated carbocycles. The second-order valence-corrected chi connectivity index (χ2v) is 14.1. The maximum Gasteiger partial charge on any atom is 0.0625 e. The Labute approximate surface area is 313 Å². The number of para-hydroxylation sites is 2. The summed E-state index contributed by atoms with van der Waals surface area (Å²) in [4.78, 5) is 0. The lowest BCUT2D eigenvalue weighted by Gasteiger charge is -2.16. The van der Waals surface area contributed by atoms with Crippen molar-refractivity contribution in [2.45, 2.75) is 0 Å². The first kappa shape index (κ1) is 30.5. The normalized spacial score (nSPS) is 11.7. The number of rotatable bonds is 5. The Morgan fingerprint density at radius 3 is 1.54 bits per heavy atom. The van der Waals surface area contributed by atoms with Crippen LogP contribution in [0, 0.1) is 0 Å². The molecule has 0 atom stereocenters. The van der Waals surface area contributed by atoms with Gasteiger partial charge in [0.25, 0.3) is 0 Å². The zero-order chi connectivity index (χ0) is 35.6. The lowest BCUT2D eigenvalue weighted by molar-refractivity contribution is 1.18. The molecule has 0 saturated heterocycles. The molecule has 0 N–H and O–H groups in total. The largest absolute Gasteiger partial charge is 0.309 e. The summed E-state index contributed by atoms with van der Waals surface area (Å²) < 4.78 is 4.90. The Morgan fingerprint density at radius 2 is 0.796 bits per heavy atom. The summed E-state index contributed by atoms with van der Waals surface area (Å²) in [5, 5.41) is 7.47. The number of benzene rings is 9. The highest BCUT2D eigenvalue weighted by molar-refractivity contribution is 6.22. The summed E-state index contributed by atoms with van der Waals surface area (Å²) >= 11 is 0. The summed E-state index contributed by atoms with van der Waals surface area (Å²) in [6, 6.07) is 75.2. The van der Waals surface area contributed by atoms with Gasteiger partial charge in [0.05, 0.1) is 22.1 Å². The number of hydrogen-bond donors (Lipinski definition) is 0. The molecule has 0 aliphatic rings. The van der Waals surface area contributed by atoms with Gasteiger partial charge in [0, 0.05) is 38.5 Å². The average Bonchev–Trinajstić information content (AvgIpc) is 3.76. The molecule has 2 heterocycles. The van der Waals surface area contributed by atoms with E-state index in [1.807, 2.05) is 0 Å². The van der Waals surface area contributed by atoms with Gasteiger partial charge in [-0.2, -0.15) is 0 Å². The van der Waals surface area contributed by atoms with Gasteiger partial charge in [-0.1, -0.05) is 152 Å². The summed E-state index contributed by atoms with van der Waals surface area (Å²) in [5.74, 6) is 0. The average molecular weight is 687 g/mol. The van der Waals surface area contributed by atoms with E-state index in [1.165, 1.54) is 87.8 Å². The highest BCUT2D eigenvalue weighted by atomic mass is 15.0. The Morgan fingerprint density at radius 1 is 0.259 bits per heavy atom. The van der Waals surface area contributed by atoms with Crippen molar-refractivity contribution in [1.82, 2.24) is 9.13 Å². The number of fused-ring (bicyclic) bond motifs is 7. The third-order valence-electron chi connectivity index (χ3n) is 11.1. The summed E-state index contributed by atoms with van der Waals surface area (Å²) in [6.07, 6.45) is 0. The van der Waals surface area contributed by atoms with Crippen LogP contribution in [-0.2, 0) is 0 Å². The van der Waals surface area contributed by atoms with Crippen molar-refractivity contribution in [2.75, 3.05) is 0 Å². The molecule has 2 nitrogen and oxygen atoms in total. The lowest BCUT2D eigenvalue weighted by Crippen LogP contribution is -1.97. The molecule has 0 bridgehead atoms. The molecule has 0 aliphatic carbocycles. The summed E-state index contributed by atoms with van der Waals surface area (Å²) in [5.41, 5.74) is 14.4. The Balaban J connectivity index is 1.18. The molecule has 0 fully saturated rings. The molecule has 2 heteroatoms. The van der Waals surface area contributed by atoms with Crippen molar-refractivity contribution in [3.63, 3.8) is 0 Å². The van der Waals surface area contributed by atoms with Gasteiger partial charge >= 0.3 is 0 Å². The molecular weight excluding hydrogens is 653 g/mol. The third-order valence-corrected chi connectivity index (χ3v) is 11.1. The van der Waals surface area contributed by atoms with E-state index in [9.17, 15) is 0 Å². The van der Waals surface area contributed by atoms with E-state index in [2.05, 4.69) is 215 Å². The topological polar surface area (TPSA) is 9.86 Å². The van der Waals surface area contributed by atoms with Gasteiger partial charge in [-0.3, -0.25) is 0 Å². The quantitative estimate of drug-likeness (QED) is 0.171. The number of aromatic nitrogens is 2. The molecule has 0 radical (unpaired) electrons. The maximum absolute atomic E-state index is 2.49. The smallest absolute Gasteiger partial charge is 0.0625 e. The van der Waals surface area contributed by atoms with Gasteiger partial charge in [0.15, 0.2) is 0 Å². The lowest BCUT2D eigenvalue weighted by atomic mass is 9.93. The highest BCUT2D eigenvalue weighted by Gasteiger charge is 2.21. The highest BCUT2D eigenvalue weighted by Crippen LogP contribution is 2.44. The second kappa shape index (κ2) is 12.2. The van der Waals surface area contributed by atoms with E-state index in [0.717, 1.165) is 11.4 Å². The van der Waals surface area contributed by atoms with Crippen LogP contribution in [0.3, 0.4) is 0 Å². The Bertz CT molecular complexity index is 3180. The first-order valence-corrected chi connectivity index (χ1v) is 18.6. The second-order valence-electron chi connectivity index (χ2n) is 14.1. The maximum atomic E-state index is 2.49. The van der Waals surface area contributed by atoms with E-state index in [1.54, 1.807) is 0 Å². The van der Waals surface area contributed by atoms with Gasteiger partial charge in [-0.05, 0) is 93.2 Å². The van der Waals surface area contributed by atoms with Gasteiger partial charge < -0.3 is 9.13 Å². The van der Waals surface area contributed by atoms with E-state index in [0.29, 0.717) is 0 Å². The fourth-order valence-electron chi connectivity index (χ4n) is 8.65. The van der Waals surface area contributed by atoms with Crippen LogP contribution in [-0.4, -0.2) is 9.13 Å². The molecule has 54 heavy (non-hydrogen) atoms. The summed E-state index contributed by atoms with van der Waals surface area (Å²) in [7, 11) is 0. The Hall–Kier alpha value is -7.16. The van der Waals surface area contributed by atoms with Crippen molar-refractivity contribution in [1.29, 1.82) is 0 Å². The van der Waals surface area contributed by atoms with Crippen LogP contribution in [0.1, 0.15) is 0 Å². The van der Waals surface area contributed by atoms with Crippen molar-refractivity contribution < 1.29 is 0 Å². The molecule has 0 amide bonds. The van der Waals surface area contributed by atoms with Crippen LogP contribution in [0.4, 0.5) is 0 Å². The van der Waals surface area contributed by atoms with Crippen molar-refractivity contribution in [3.8, 4) is 44.8 Å². The van der Waals surface area contributed by atoms with Crippen LogP contribution in [0.15, 0.2) is 206 Å². The molecule has 0 aliphatic heterocycles. The predicted molar refractivity (Wildman–Crippen MR) is 229 cm³/mol. The van der Waals surface area contributed by atoms with Crippen molar-refractivity contribution in [3.05, 3.63) is 206 Å². The minimum Gasteiger partial charge on any atom is -0.309 e. The first-order valence-electron chi connectivity index (χ1n) is 18.6. The Kier molecular flexibility index (Phi) is 6.90. The van der Waals surface area contributed by atoms with Crippen LogP contribution in [0.2, 0.25) is 0 Å². The molecule has 11 aromatic rings. The molecule has 0 spiro atoms. The number of hydrogen-bond acceptors (Lipinski definition) is 0. The first-order chi connectivity index (χ1) is 26.8. The van der Waals surface area contributed by atoms with Crippen molar-refractivity contribution in [2.24, 2.45) is 0 Å². The predicted octanol–water partition coefficient (Wildman–Crippen LogP) is 14.0. The van der Waals surface area contributed by atoms with E-state index in [-0.39, 0.29) is 0 Å². The molecule has 9 aromatic carbocycles. The van der Waals surface area contributed by atoms with Gasteiger partial charge in [-0.15, -0.1) is 0 Å². The fraction of sp³-hybridized carbons (Fsp3) is 0. The zero-order valence-electron chi connectivity index (χ0n) is 29.5. The van der Waals surface area contributed by atoms with E-state index in [4.69, 9.17) is 0 Å². The van der Waals surface area contributed by atoms with Gasteiger partial charge in [0.2, 0.25) is 0 Å². The van der Waals surface area contributed by atoms with Crippen LogP contribution in [0.5, 0.6) is 0 Å².